The van der Waals surface area contributed by atoms with E-state index in [9.17, 15) is 0 Å². The standard InChI is InChI=1S/C12H17N3O/c1-11-4-6-14-12(10-11)15(7-3-5-13)8-9-16-2/h4,6,10H,3,7-9H2,1-2H3. The Bertz CT molecular complexity index is 360. The predicted molar refractivity (Wildman–Crippen MR) is 63.3 cm³/mol. The van der Waals surface area contributed by atoms with E-state index in [4.69, 9.17) is 10.00 Å². The number of hydrogen-bond donors (Lipinski definition) is 0. The van der Waals surface area contributed by atoms with Crippen LogP contribution in [0.5, 0.6) is 0 Å². The summed E-state index contributed by atoms with van der Waals surface area (Å²) in [6.07, 6.45) is 2.29. The fourth-order valence-electron chi connectivity index (χ4n) is 1.42. The monoisotopic (exact) mass is 219 g/mol. The Labute approximate surface area is 96.5 Å². The molecule has 0 aliphatic heterocycles. The van der Waals surface area contributed by atoms with Crippen molar-refractivity contribution < 1.29 is 4.74 Å². The number of nitriles is 1. The van der Waals surface area contributed by atoms with Gasteiger partial charge in [-0.2, -0.15) is 5.26 Å². The lowest BCUT2D eigenvalue weighted by atomic mass is 10.3. The summed E-state index contributed by atoms with van der Waals surface area (Å²) >= 11 is 0. The summed E-state index contributed by atoms with van der Waals surface area (Å²) in [5, 5.41) is 8.61. The molecule has 4 heteroatoms. The quantitative estimate of drug-likeness (QED) is 0.731. The molecular weight excluding hydrogens is 202 g/mol. The lowest BCUT2D eigenvalue weighted by Gasteiger charge is -2.22. The van der Waals surface area contributed by atoms with Gasteiger partial charge in [0.25, 0.3) is 0 Å². The average molecular weight is 219 g/mol. The molecular formula is C12H17N3O. The van der Waals surface area contributed by atoms with E-state index in [1.807, 2.05) is 19.1 Å². The van der Waals surface area contributed by atoms with E-state index < -0.39 is 0 Å². The van der Waals surface area contributed by atoms with Crippen LogP contribution < -0.4 is 4.90 Å². The van der Waals surface area contributed by atoms with Gasteiger partial charge in [0, 0.05) is 26.4 Å². The summed E-state index contributed by atoms with van der Waals surface area (Å²) in [6.45, 7) is 4.12. The number of ether oxygens (including phenoxy) is 1. The number of anilines is 1. The first-order valence-electron chi connectivity index (χ1n) is 5.31. The first-order chi connectivity index (χ1) is 7.77. The highest BCUT2D eigenvalue weighted by Crippen LogP contribution is 2.12. The van der Waals surface area contributed by atoms with Gasteiger partial charge in [0.1, 0.15) is 5.82 Å². The van der Waals surface area contributed by atoms with Crippen molar-refractivity contribution in [3.05, 3.63) is 23.9 Å². The van der Waals surface area contributed by atoms with Crippen LogP contribution in [0.15, 0.2) is 18.3 Å². The largest absolute Gasteiger partial charge is 0.383 e. The molecule has 0 saturated carbocycles. The molecule has 4 nitrogen and oxygen atoms in total. The first kappa shape index (κ1) is 12.5. The molecule has 0 saturated heterocycles. The van der Waals surface area contributed by atoms with Crippen molar-refractivity contribution in [1.82, 2.24) is 4.98 Å². The molecule has 1 rings (SSSR count). The van der Waals surface area contributed by atoms with Crippen LogP contribution in [0.3, 0.4) is 0 Å². The van der Waals surface area contributed by atoms with E-state index in [0.29, 0.717) is 19.6 Å². The van der Waals surface area contributed by atoms with Crippen molar-refractivity contribution in [2.75, 3.05) is 31.7 Å². The van der Waals surface area contributed by atoms with Crippen molar-refractivity contribution in [2.24, 2.45) is 0 Å². The highest BCUT2D eigenvalue weighted by Gasteiger charge is 2.06. The fraction of sp³-hybridized carbons (Fsp3) is 0.500. The van der Waals surface area contributed by atoms with Crippen molar-refractivity contribution in [3.63, 3.8) is 0 Å². The van der Waals surface area contributed by atoms with Crippen LogP contribution in [0.1, 0.15) is 12.0 Å². The van der Waals surface area contributed by atoms with Gasteiger partial charge >= 0.3 is 0 Å². The molecule has 1 heterocycles. The minimum absolute atomic E-state index is 0.499. The maximum absolute atomic E-state index is 8.61. The minimum atomic E-state index is 0.499. The van der Waals surface area contributed by atoms with Gasteiger partial charge in [-0.3, -0.25) is 0 Å². The SMILES string of the molecule is COCCN(CCC#N)c1cc(C)ccn1. The van der Waals surface area contributed by atoms with Crippen molar-refractivity contribution in [1.29, 1.82) is 5.26 Å². The molecule has 0 aliphatic rings. The molecule has 0 radical (unpaired) electrons. The molecule has 1 aromatic heterocycles. The number of nitrogens with zero attached hydrogens (tertiary/aromatic N) is 3. The summed E-state index contributed by atoms with van der Waals surface area (Å²) in [5.74, 6) is 0.910. The summed E-state index contributed by atoms with van der Waals surface area (Å²) in [5.41, 5.74) is 1.17. The summed E-state index contributed by atoms with van der Waals surface area (Å²) in [7, 11) is 1.67. The molecule has 0 unspecified atom stereocenters. The minimum Gasteiger partial charge on any atom is -0.383 e. The van der Waals surface area contributed by atoms with Gasteiger partial charge in [0.2, 0.25) is 0 Å². The number of aromatic nitrogens is 1. The molecule has 0 aromatic carbocycles. The normalized spacial score (nSPS) is 9.81. The highest BCUT2D eigenvalue weighted by molar-refractivity contribution is 5.40. The van der Waals surface area contributed by atoms with Crippen LogP contribution in [0, 0.1) is 18.3 Å². The Morgan fingerprint density at radius 2 is 2.31 bits per heavy atom. The van der Waals surface area contributed by atoms with Crippen molar-refractivity contribution >= 4 is 5.82 Å². The molecule has 0 N–H and O–H groups in total. The third-order valence-corrected chi connectivity index (χ3v) is 2.28. The van der Waals surface area contributed by atoms with Crippen LogP contribution in [0.4, 0.5) is 5.82 Å². The fourth-order valence-corrected chi connectivity index (χ4v) is 1.42. The van der Waals surface area contributed by atoms with Crippen LogP contribution in [-0.4, -0.2) is 31.8 Å². The number of hydrogen-bond acceptors (Lipinski definition) is 4. The Balaban J connectivity index is 2.70. The van der Waals surface area contributed by atoms with E-state index in [1.165, 1.54) is 5.56 Å². The molecule has 1 aromatic rings. The molecule has 0 bridgehead atoms. The number of rotatable bonds is 6. The third kappa shape index (κ3) is 3.87. The van der Waals surface area contributed by atoms with Gasteiger partial charge in [-0.05, 0) is 24.6 Å². The van der Waals surface area contributed by atoms with E-state index in [2.05, 4.69) is 16.0 Å². The van der Waals surface area contributed by atoms with Crippen molar-refractivity contribution in [3.8, 4) is 6.07 Å². The second kappa shape index (κ2) is 6.81. The Hall–Kier alpha value is -1.60. The second-order valence-corrected chi connectivity index (χ2v) is 3.58. The van der Waals surface area contributed by atoms with Gasteiger partial charge < -0.3 is 9.64 Å². The van der Waals surface area contributed by atoms with E-state index in [0.717, 1.165) is 12.4 Å². The van der Waals surface area contributed by atoms with Crippen LogP contribution >= 0.6 is 0 Å². The van der Waals surface area contributed by atoms with E-state index in [1.54, 1.807) is 13.3 Å². The van der Waals surface area contributed by atoms with Crippen molar-refractivity contribution in [2.45, 2.75) is 13.3 Å². The van der Waals surface area contributed by atoms with E-state index >= 15 is 0 Å². The molecule has 86 valence electrons. The molecule has 0 fully saturated rings. The smallest absolute Gasteiger partial charge is 0.128 e. The average Bonchev–Trinajstić information content (AvgIpc) is 2.29. The third-order valence-electron chi connectivity index (χ3n) is 2.28. The maximum atomic E-state index is 8.61. The van der Waals surface area contributed by atoms with Gasteiger partial charge in [-0.1, -0.05) is 0 Å². The summed E-state index contributed by atoms with van der Waals surface area (Å²) < 4.78 is 5.05. The lowest BCUT2D eigenvalue weighted by molar-refractivity contribution is 0.205. The zero-order chi connectivity index (χ0) is 11.8. The van der Waals surface area contributed by atoms with Gasteiger partial charge in [0.15, 0.2) is 0 Å². The Kier molecular flexibility index (Phi) is 5.30. The molecule has 0 amide bonds. The number of pyridine rings is 1. The van der Waals surface area contributed by atoms with Crippen LogP contribution in [-0.2, 0) is 4.74 Å². The first-order valence-corrected chi connectivity index (χ1v) is 5.31. The zero-order valence-electron chi connectivity index (χ0n) is 9.81. The lowest BCUT2D eigenvalue weighted by Crippen LogP contribution is -2.29. The summed E-state index contributed by atoms with van der Waals surface area (Å²) in [6, 6.07) is 6.13. The highest BCUT2D eigenvalue weighted by atomic mass is 16.5. The number of methoxy groups -OCH3 is 1. The molecule has 16 heavy (non-hydrogen) atoms. The molecule has 0 atom stereocenters. The van der Waals surface area contributed by atoms with Crippen LogP contribution in [0.2, 0.25) is 0 Å². The zero-order valence-corrected chi connectivity index (χ0v) is 9.81. The predicted octanol–water partition coefficient (Wildman–Crippen LogP) is 1.76. The molecule has 0 spiro atoms. The second-order valence-electron chi connectivity index (χ2n) is 3.58. The van der Waals surface area contributed by atoms with Gasteiger partial charge in [-0.15, -0.1) is 0 Å². The molecule has 0 aliphatic carbocycles. The van der Waals surface area contributed by atoms with Crippen LogP contribution in [0.25, 0.3) is 0 Å². The van der Waals surface area contributed by atoms with Gasteiger partial charge in [-0.25, -0.2) is 4.98 Å². The van der Waals surface area contributed by atoms with Gasteiger partial charge in [0.05, 0.1) is 19.1 Å². The Morgan fingerprint density at radius 1 is 1.50 bits per heavy atom. The summed E-state index contributed by atoms with van der Waals surface area (Å²) in [4.78, 5) is 6.38. The maximum Gasteiger partial charge on any atom is 0.128 e. The van der Waals surface area contributed by atoms with E-state index in [-0.39, 0.29) is 0 Å². The topological polar surface area (TPSA) is 49.1 Å². The Morgan fingerprint density at radius 3 is 2.94 bits per heavy atom. The number of aryl methyl sites for hydroxylation is 1.